The Hall–Kier alpha value is -1.26. The minimum absolute atomic E-state index is 0.131. The molecule has 0 atom stereocenters. The number of nitrogens with one attached hydrogen (secondary N) is 1. The molecule has 4 nitrogen and oxygen atoms in total. The molecule has 0 heterocycles. The summed E-state index contributed by atoms with van der Waals surface area (Å²) in [5.74, 6) is 0.493. The molecule has 19 heavy (non-hydrogen) atoms. The number of halogens is 1. The van der Waals surface area contributed by atoms with E-state index in [1.807, 2.05) is 6.92 Å². The van der Waals surface area contributed by atoms with Gasteiger partial charge >= 0.3 is 0 Å². The van der Waals surface area contributed by atoms with E-state index in [-0.39, 0.29) is 12.5 Å². The van der Waals surface area contributed by atoms with E-state index in [9.17, 15) is 4.79 Å². The zero-order valence-electron chi connectivity index (χ0n) is 11.6. The van der Waals surface area contributed by atoms with Gasteiger partial charge in [-0.15, -0.1) is 0 Å². The maximum atomic E-state index is 12.0. The van der Waals surface area contributed by atoms with Gasteiger partial charge in [-0.25, -0.2) is 0 Å². The van der Waals surface area contributed by atoms with Crippen molar-refractivity contribution >= 4 is 23.2 Å². The summed E-state index contributed by atoms with van der Waals surface area (Å²) in [5, 5.41) is 3.28. The number of carbonyl (C=O) groups excluding carboxylic acids is 1. The number of nitrogens with two attached hydrogens (primary N) is 1. The first-order chi connectivity index (χ1) is 8.90. The van der Waals surface area contributed by atoms with E-state index in [4.69, 9.17) is 22.1 Å². The molecule has 0 aliphatic carbocycles. The van der Waals surface area contributed by atoms with Crippen LogP contribution >= 0.6 is 11.6 Å². The molecule has 0 aliphatic rings. The van der Waals surface area contributed by atoms with Gasteiger partial charge in [0.2, 0.25) is 5.91 Å². The molecule has 106 valence electrons. The van der Waals surface area contributed by atoms with E-state index < -0.39 is 5.41 Å². The predicted octanol–water partition coefficient (Wildman–Crippen LogP) is 3.05. The largest absolute Gasteiger partial charge is 0.492 e. The molecule has 0 aromatic heterocycles. The number of amides is 1. The zero-order valence-corrected chi connectivity index (χ0v) is 12.4. The Bertz CT molecular complexity index is 447. The van der Waals surface area contributed by atoms with Crippen LogP contribution in [0.4, 0.5) is 5.69 Å². The van der Waals surface area contributed by atoms with Crippen molar-refractivity contribution in [3.63, 3.8) is 0 Å². The Morgan fingerprint density at radius 3 is 2.68 bits per heavy atom. The van der Waals surface area contributed by atoms with Gasteiger partial charge in [-0.1, -0.05) is 18.5 Å². The molecule has 0 fully saturated rings. The molecule has 0 saturated carbocycles. The lowest BCUT2D eigenvalue weighted by Gasteiger charge is -2.21. The van der Waals surface area contributed by atoms with E-state index in [0.29, 0.717) is 23.1 Å². The first-order valence-electron chi connectivity index (χ1n) is 6.34. The molecule has 1 aromatic rings. The number of benzene rings is 1. The lowest BCUT2D eigenvalue weighted by atomic mass is 9.92. The van der Waals surface area contributed by atoms with Crippen LogP contribution in [0.1, 0.15) is 27.2 Å². The summed E-state index contributed by atoms with van der Waals surface area (Å²) in [7, 11) is 0. The summed E-state index contributed by atoms with van der Waals surface area (Å²) < 4.78 is 5.47. The van der Waals surface area contributed by atoms with Gasteiger partial charge in [0.05, 0.1) is 17.0 Å². The van der Waals surface area contributed by atoms with Gasteiger partial charge in [0, 0.05) is 12.2 Å². The first-order valence-corrected chi connectivity index (χ1v) is 6.72. The lowest BCUT2D eigenvalue weighted by molar-refractivity contribution is -0.123. The molecule has 0 saturated heterocycles. The van der Waals surface area contributed by atoms with Crippen molar-refractivity contribution in [2.24, 2.45) is 11.1 Å². The molecule has 0 bridgehead atoms. The highest BCUT2D eigenvalue weighted by Crippen LogP contribution is 2.28. The average molecular weight is 285 g/mol. The van der Waals surface area contributed by atoms with Crippen LogP contribution in [-0.2, 0) is 4.79 Å². The van der Waals surface area contributed by atoms with E-state index in [1.54, 1.807) is 32.0 Å². The third-order valence-electron chi connectivity index (χ3n) is 2.78. The summed E-state index contributed by atoms with van der Waals surface area (Å²) >= 11 is 6.10. The van der Waals surface area contributed by atoms with Gasteiger partial charge < -0.3 is 15.8 Å². The predicted molar refractivity (Wildman–Crippen MR) is 78.7 cm³/mol. The topological polar surface area (TPSA) is 64.3 Å². The lowest BCUT2D eigenvalue weighted by Crippen LogP contribution is -2.37. The summed E-state index contributed by atoms with van der Waals surface area (Å²) in [5.41, 5.74) is 5.59. The van der Waals surface area contributed by atoms with Crippen LogP contribution in [0.15, 0.2) is 18.2 Å². The minimum atomic E-state index is -0.607. The van der Waals surface area contributed by atoms with Gasteiger partial charge in [-0.05, 0) is 38.5 Å². The number of ether oxygens (including phenoxy) is 1. The van der Waals surface area contributed by atoms with Crippen LogP contribution < -0.4 is 15.8 Å². The van der Waals surface area contributed by atoms with Crippen molar-refractivity contribution in [3.8, 4) is 5.75 Å². The molecule has 1 amide bonds. The van der Waals surface area contributed by atoms with Crippen molar-refractivity contribution in [1.82, 2.24) is 0 Å². The zero-order chi connectivity index (χ0) is 14.5. The maximum absolute atomic E-state index is 12.0. The molecule has 3 N–H and O–H groups in total. The van der Waals surface area contributed by atoms with Crippen molar-refractivity contribution in [1.29, 1.82) is 0 Å². The van der Waals surface area contributed by atoms with Gasteiger partial charge in [-0.3, -0.25) is 4.79 Å². The van der Waals surface area contributed by atoms with Crippen LogP contribution in [-0.4, -0.2) is 19.1 Å². The Morgan fingerprint density at radius 2 is 2.16 bits per heavy atom. The summed E-state index contributed by atoms with van der Waals surface area (Å²) in [4.78, 5) is 12.0. The minimum Gasteiger partial charge on any atom is -0.492 e. The van der Waals surface area contributed by atoms with Crippen molar-refractivity contribution in [2.75, 3.05) is 18.5 Å². The third-order valence-corrected chi connectivity index (χ3v) is 3.07. The monoisotopic (exact) mass is 284 g/mol. The second-order valence-corrected chi connectivity index (χ2v) is 5.44. The highest BCUT2D eigenvalue weighted by molar-refractivity contribution is 6.32. The van der Waals surface area contributed by atoms with Gasteiger partial charge in [0.1, 0.15) is 5.75 Å². The normalized spacial score (nSPS) is 11.2. The maximum Gasteiger partial charge on any atom is 0.231 e. The fraction of sp³-hybridized carbons (Fsp3) is 0.500. The second kappa shape index (κ2) is 6.78. The molecule has 5 heteroatoms. The van der Waals surface area contributed by atoms with E-state index in [2.05, 4.69) is 5.32 Å². The van der Waals surface area contributed by atoms with Crippen molar-refractivity contribution in [2.45, 2.75) is 27.2 Å². The quantitative estimate of drug-likeness (QED) is 0.844. The molecular formula is C14H21ClN2O2. The van der Waals surface area contributed by atoms with E-state index >= 15 is 0 Å². The number of hydrogen-bond donors (Lipinski definition) is 2. The fourth-order valence-corrected chi connectivity index (χ4v) is 1.54. The molecule has 0 unspecified atom stereocenters. The van der Waals surface area contributed by atoms with Crippen LogP contribution in [0.3, 0.4) is 0 Å². The molecule has 0 spiro atoms. The van der Waals surface area contributed by atoms with Crippen LogP contribution in [0.25, 0.3) is 0 Å². The van der Waals surface area contributed by atoms with Crippen LogP contribution in [0.5, 0.6) is 5.75 Å². The summed E-state index contributed by atoms with van der Waals surface area (Å²) in [6.07, 6.45) is 0.916. The Kier molecular flexibility index (Phi) is 5.63. The second-order valence-electron chi connectivity index (χ2n) is 5.04. The third kappa shape index (κ3) is 4.40. The van der Waals surface area contributed by atoms with Gasteiger partial charge in [0.25, 0.3) is 0 Å². The number of hydrogen-bond acceptors (Lipinski definition) is 3. The highest BCUT2D eigenvalue weighted by Gasteiger charge is 2.25. The van der Waals surface area contributed by atoms with Crippen LogP contribution in [0.2, 0.25) is 5.02 Å². The summed E-state index contributed by atoms with van der Waals surface area (Å²) in [6, 6.07) is 5.20. The Labute approximate surface area is 119 Å². The fourth-order valence-electron chi connectivity index (χ4n) is 1.30. The van der Waals surface area contributed by atoms with Crippen molar-refractivity contribution < 1.29 is 9.53 Å². The first kappa shape index (κ1) is 15.8. The SMILES string of the molecule is CCCOc1ccc(NC(=O)C(C)(C)CN)cc1Cl. The van der Waals surface area contributed by atoms with Crippen LogP contribution in [0, 0.1) is 5.41 Å². The highest BCUT2D eigenvalue weighted by atomic mass is 35.5. The number of rotatable bonds is 6. The molecule has 0 radical (unpaired) electrons. The number of carbonyl (C=O) groups is 1. The molecule has 1 aromatic carbocycles. The van der Waals surface area contributed by atoms with E-state index in [1.165, 1.54) is 0 Å². The van der Waals surface area contributed by atoms with Gasteiger partial charge in [-0.2, -0.15) is 0 Å². The molecule has 1 rings (SSSR count). The van der Waals surface area contributed by atoms with Gasteiger partial charge in [0.15, 0.2) is 0 Å². The smallest absolute Gasteiger partial charge is 0.231 e. The molecular weight excluding hydrogens is 264 g/mol. The number of anilines is 1. The Morgan fingerprint density at radius 1 is 1.47 bits per heavy atom. The Balaban J connectivity index is 2.76. The average Bonchev–Trinajstić information content (AvgIpc) is 2.37. The standard InChI is InChI=1S/C14H21ClN2O2/c1-4-7-19-12-6-5-10(8-11(12)15)17-13(18)14(2,3)9-16/h5-6,8H,4,7,9,16H2,1-3H3,(H,17,18). The van der Waals surface area contributed by atoms with Crippen molar-refractivity contribution in [3.05, 3.63) is 23.2 Å². The van der Waals surface area contributed by atoms with E-state index in [0.717, 1.165) is 6.42 Å². The molecule has 0 aliphatic heterocycles. The summed E-state index contributed by atoms with van der Waals surface area (Å²) in [6.45, 7) is 6.51.